The smallest absolute Gasteiger partial charge is 0.195 e. The monoisotopic (exact) mass is 262 g/mol. The van der Waals surface area contributed by atoms with Gasteiger partial charge in [0.15, 0.2) is 4.77 Å². The number of aromatic amines is 1. The van der Waals surface area contributed by atoms with E-state index in [1.807, 2.05) is 32.3 Å². The first-order valence-corrected chi connectivity index (χ1v) is 6.36. The van der Waals surface area contributed by atoms with Crippen molar-refractivity contribution in [2.75, 3.05) is 14.1 Å². The Morgan fingerprint density at radius 1 is 1.33 bits per heavy atom. The van der Waals surface area contributed by atoms with Gasteiger partial charge in [0.2, 0.25) is 0 Å². The molecule has 1 heterocycles. The van der Waals surface area contributed by atoms with Crippen molar-refractivity contribution in [2.45, 2.75) is 19.5 Å². The average Bonchev–Trinajstić information content (AvgIpc) is 2.71. The zero-order chi connectivity index (χ0) is 13.1. The molecule has 0 saturated heterocycles. The second kappa shape index (κ2) is 5.46. The largest absolute Gasteiger partial charge is 0.300 e. The van der Waals surface area contributed by atoms with Crippen molar-refractivity contribution < 1.29 is 0 Å². The van der Waals surface area contributed by atoms with Crippen molar-refractivity contribution in [2.24, 2.45) is 0 Å². The summed E-state index contributed by atoms with van der Waals surface area (Å²) in [5, 5.41) is 7.22. The van der Waals surface area contributed by atoms with E-state index in [9.17, 15) is 0 Å². The number of nitrogens with zero attached hydrogens (tertiary/aromatic N) is 3. The number of H-pyrrole nitrogens is 1. The predicted molar refractivity (Wildman–Crippen MR) is 75.1 cm³/mol. The van der Waals surface area contributed by atoms with E-state index in [0.717, 1.165) is 12.4 Å². The third kappa shape index (κ3) is 2.68. The van der Waals surface area contributed by atoms with Crippen LogP contribution in [0.4, 0.5) is 0 Å². The van der Waals surface area contributed by atoms with Gasteiger partial charge in [0, 0.05) is 0 Å². The first-order valence-electron chi connectivity index (χ1n) is 5.95. The van der Waals surface area contributed by atoms with Crippen LogP contribution in [0.15, 0.2) is 30.3 Å². The third-order valence-electron chi connectivity index (χ3n) is 3.12. The Morgan fingerprint density at radius 3 is 2.61 bits per heavy atom. The fraction of sp³-hybridized carbons (Fsp3) is 0.385. The van der Waals surface area contributed by atoms with E-state index >= 15 is 0 Å². The van der Waals surface area contributed by atoms with Gasteiger partial charge in [-0.05, 0) is 38.8 Å². The van der Waals surface area contributed by atoms with Gasteiger partial charge in [-0.15, -0.1) is 0 Å². The molecule has 1 atom stereocenters. The maximum Gasteiger partial charge on any atom is 0.195 e. The maximum atomic E-state index is 5.30. The van der Waals surface area contributed by atoms with Crippen LogP contribution < -0.4 is 0 Å². The number of aromatic nitrogens is 3. The molecule has 96 valence electrons. The highest BCUT2D eigenvalue weighted by Gasteiger charge is 2.15. The lowest BCUT2D eigenvalue weighted by Crippen LogP contribution is -2.21. The number of rotatable bonds is 4. The van der Waals surface area contributed by atoms with Crippen LogP contribution in [-0.2, 0) is 6.54 Å². The van der Waals surface area contributed by atoms with Gasteiger partial charge >= 0.3 is 0 Å². The van der Waals surface area contributed by atoms with E-state index in [4.69, 9.17) is 12.2 Å². The van der Waals surface area contributed by atoms with Crippen molar-refractivity contribution >= 4 is 12.2 Å². The van der Waals surface area contributed by atoms with E-state index in [-0.39, 0.29) is 6.04 Å². The number of nitrogens with one attached hydrogen (secondary N) is 1. The summed E-state index contributed by atoms with van der Waals surface area (Å²) < 4.78 is 2.72. The maximum absolute atomic E-state index is 5.30. The van der Waals surface area contributed by atoms with E-state index in [2.05, 4.69) is 38.7 Å². The van der Waals surface area contributed by atoms with E-state index < -0.39 is 0 Å². The molecule has 4 nitrogen and oxygen atoms in total. The highest BCUT2D eigenvalue weighted by atomic mass is 32.1. The normalized spacial score (nSPS) is 12.9. The minimum Gasteiger partial charge on any atom is -0.300 e. The number of benzene rings is 1. The molecule has 2 aromatic rings. The molecule has 0 spiro atoms. The Kier molecular flexibility index (Phi) is 3.93. The van der Waals surface area contributed by atoms with Gasteiger partial charge < -0.3 is 0 Å². The molecular formula is C13H18N4S. The van der Waals surface area contributed by atoms with Gasteiger partial charge in [0.25, 0.3) is 0 Å². The van der Waals surface area contributed by atoms with E-state index in [1.54, 1.807) is 0 Å². The van der Waals surface area contributed by atoms with Crippen molar-refractivity contribution in [3.63, 3.8) is 0 Å². The fourth-order valence-electron chi connectivity index (χ4n) is 1.80. The first kappa shape index (κ1) is 13.0. The second-order valence-electron chi connectivity index (χ2n) is 4.60. The van der Waals surface area contributed by atoms with Gasteiger partial charge in [-0.1, -0.05) is 30.3 Å². The second-order valence-corrected chi connectivity index (χ2v) is 4.98. The third-order valence-corrected chi connectivity index (χ3v) is 3.43. The topological polar surface area (TPSA) is 36.9 Å². The standard InChI is InChI=1S/C13H18N4S/c1-10(16(2)3)12-14-15-13(18)17(12)9-11-7-5-4-6-8-11/h4-8,10H,9H2,1-3H3,(H,15,18)/t10-/m0/s1. The van der Waals surface area contributed by atoms with Crippen LogP contribution in [0.5, 0.6) is 0 Å². The Labute approximate surface area is 112 Å². The Hall–Kier alpha value is -1.46. The fourth-order valence-corrected chi connectivity index (χ4v) is 2.00. The molecule has 1 aromatic carbocycles. The molecule has 0 aliphatic rings. The van der Waals surface area contributed by atoms with Crippen LogP contribution in [0.3, 0.4) is 0 Å². The number of hydrogen-bond acceptors (Lipinski definition) is 3. The van der Waals surface area contributed by atoms with E-state index in [0.29, 0.717) is 4.77 Å². The van der Waals surface area contributed by atoms with Crippen LogP contribution in [0.1, 0.15) is 24.4 Å². The highest BCUT2D eigenvalue weighted by molar-refractivity contribution is 7.71. The molecule has 0 aliphatic carbocycles. The zero-order valence-corrected chi connectivity index (χ0v) is 11.7. The summed E-state index contributed by atoms with van der Waals surface area (Å²) in [5.41, 5.74) is 1.22. The summed E-state index contributed by atoms with van der Waals surface area (Å²) in [5.74, 6) is 0.967. The van der Waals surface area contributed by atoms with Gasteiger partial charge in [-0.2, -0.15) is 5.10 Å². The van der Waals surface area contributed by atoms with Crippen LogP contribution >= 0.6 is 12.2 Å². The quantitative estimate of drug-likeness (QED) is 0.861. The van der Waals surface area contributed by atoms with E-state index in [1.165, 1.54) is 5.56 Å². The minimum atomic E-state index is 0.224. The SMILES string of the molecule is C[C@@H](c1n[nH]c(=S)n1Cc1ccccc1)N(C)C. The molecule has 2 rings (SSSR count). The lowest BCUT2D eigenvalue weighted by atomic mass is 10.2. The van der Waals surface area contributed by atoms with Crippen LogP contribution in [-0.4, -0.2) is 33.8 Å². The van der Waals surface area contributed by atoms with Gasteiger partial charge in [-0.25, -0.2) is 0 Å². The molecule has 0 amide bonds. The van der Waals surface area contributed by atoms with Gasteiger partial charge in [0.05, 0.1) is 12.6 Å². The lowest BCUT2D eigenvalue weighted by molar-refractivity contribution is 0.301. The summed E-state index contributed by atoms with van der Waals surface area (Å²) in [6.45, 7) is 2.87. The summed E-state index contributed by atoms with van der Waals surface area (Å²) >= 11 is 5.30. The first-order chi connectivity index (χ1) is 8.59. The van der Waals surface area contributed by atoms with Crippen molar-refractivity contribution in [3.8, 4) is 0 Å². The van der Waals surface area contributed by atoms with Crippen LogP contribution in [0.2, 0.25) is 0 Å². The van der Waals surface area contributed by atoms with Crippen molar-refractivity contribution in [1.29, 1.82) is 0 Å². The summed E-state index contributed by atoms with van der Waals surface area (Å²) in [7, 11) is 4.07. The molecule has 0 aliphatic heterocycles. The predicted octanol–water partition coefficient (Wildman–Crippen LogP) is 2.61. The molecular weight excluding hydrogens is 244 g/mol. The molecule has 18 heavy (non-hydrogen) atoms. The summed E-state index contributed by atoms with van der Waals surface area (Å²) in [4.78, 5) is 2.12. The van der Waals surface area contributed by atoms with Crippen molar-refractivity contribution in [1.82, 2.24) is 19.7 Å². The molecule has 0 bridgehead atoms. The molecule has 0 unspecified atom stereocenters. The van der Waals surface area contributed by atoms with Crippen LogP contribution in [0.25, 0.3) is 0 Å². The Balaban J connectivity index is 2.33. The molecule has 0 fully saturated rings. The van der Waals surface area contributed by atoms with Crippen molar-refractivity contribution in [3.05, 3.63) is 46.5 Å². The minimum absolute atomic E-state index is 0.224. The summed E-state index contributed by atoms with van der Waals surface area (Å²) in [6.07, 6.45) is 0. The summed E-state index contributed by atoms with van der Waals surface area (Å²) in [6, 6.07) is 10.5. The average molecular weight is 262 g/mol. The molecule has 0 radical (unpaired) electrons. The molecule has 0 saturated carbocycles. The zero-order valence-electron chi connectivity index (χ0n) is 10.9. The molecule has 5 heteroatoms. The Bertz CT molecular complexity index is 556. The van der Waals surface area contributed by atoms with Crippen LogP contribution in [0, 0.1) is 4.77 Å². The Morgan fingerprint density at radius 2 is 2.00 bits per heavy atom. The lowest BCUT2D eigenvalue weighted by Gasteiger charge is -2.19. The van der Waals surface area contributed by atoms with Gasteiger partial charge in [0.1, 0.15) is 5.82 Å². The van der Waals surface area contributed by atoms with Gasteiger partial charge in [-0.3, -0.25) is 14.6 Å². The molecule has 1 N–H and O–H groups in total. The highest BCUT2D eigenvalue weighted by Crippen LogP contribution is 2.16. The number of hydrogen-bond donors (Lipinski definition) is 1. The molecule has 1 aromatic heterocycles.